The Labute approximate surface area is 85.7 Å². The van der Waals surface area contributed by atoms with Gasteiger partial charge in [0.25, 0.3) is 0 Å². The van der Waals surface area contributed by atoms with Gasteiger partial charge in [-0.2, -0.15) is 0 Å². The Morgan fingerprint density at radius 1 is 1.36 bits per heavy atom. The van der Waals surface area contributed by atoms with E-state index < -0.39 is 0 Å². The summed E-state index contributed by atoms with van der Waals surface area (Å²) in [6.07, 6.45) is 4.37. The normalized spacial score (nSPS) is 27.4. The summed E-state index contributed by atoms with van der Waals surface area (Å²) in [4.78, 5) is 4.37. The number of aromatic nitrogens is 1. The van der Waals surface area contributed by atoms with Crippen molar-refractivity contribution in [3.8, 4) is 0 Å². The van der Waals surface area contributed by atoms with E-state index in [0.717, 1.165) is 17.6 Å². The largest absolute Gasteiger partial charge is 0.445 e. The highest BCUT2D eigenvalue weighted by atomic mass is 16.4. The molecule has 0 bridgehead atoms. The van der Waals surface area contributed by atoms with E-state index in [0.29, 0.717) is 5.92 Å². The molecule has 14 heavy (non-hydrogen) atoms. The molecule has 0 radical (unpaired) electrons. The van der Waals surface area contributed by atoms with Crippen LogP contribution in [0.25, 0.3) is 0 Å². The van der Waals surface area contributed by atoms with Gasteiger partial charge in [-0.05, 0) is 18.8 Å². The summed E-state index contributed by atoms with van der Waals surface area (Å²) in [5, 5.41) is 0. The summed E-state index contributed by atoms with van der Waals surface area (Å²) in [6, 6.07) is 0. The van der Waals surface area contributed by atoms with Crippen LogP contribution in [0.4, 0.5) is 0 Å². The van der Waals surface area contributed by atoms with Gasteiger partial charge in [-0.25, -0.2) is 4.98 Å². The average Bonchev–Trinajstić information content (AvgIpc) is 2.45. The van der Waals surface area contributed by atoms with E-state index in [9.17, 15) is 0 Å². The first-order valence-electron chi connectivity index (χ1n) is 5.43. The molecule has 2 nitrogen and oxygen atoms in total. The molecule has 2 heteroatoms. The molecule has 1 aliphatic rings. The average molecular weight is 193 g/mol. The van der Waals surface area contributed by atoms with Gasteiger partial charge in [0.05, 0.1) is 6.20 Å². The molecule has 1 aromatic heterocycles. The minimum Gasteiger partial charge on any atom is -0.445 e. The first-order valence-corrected chi connectivity index (χ1v) is 5.43. The zero-order valence-corrected chi connectivity index (χ0v) is 9.50. The fourth-order valence-corrected chi connectivity index (χ4v) is 1.93. The van der Waals surface area contributed by atoms with Crippen LogP contribution >= 0.6 is 0 Å². The molecule has 1 saturated carbocycles. The van der Waals surface area contributed by atoms with Gasteiger partial charge in [-0.3, -0.25) is 0 Å². The van der Waals surface area contributed by atoms with E-state index in [1.165, 1.54) is 12.8 Å². The van der Waals surface area contributed by atoms with Gasteiger partial charge in [-0.15, -0.1) is 0 Å². The van der Waals surface area contributed by atoms with Gasteiger partial charge in [-0.1, -0.05) is 27.7 Å². The Morgan fingerprint density at radius 2 is 2.00 bits per heavy atom. The van der Waals surface area contributed by atoms with E-state index in [2.05, 4.69) is 32.7 Å². The lowest BCUT2D eigenvalue weighted by molar-refractivity contribution is 0.236. The Hall–Kier alpha value is -0.790. The van der Waals surface area contributed by atoms with Crippen molar-refractivity contribution < 1.29 is 4.42 Å². The maximum absolute atomic E-state index is 5.79. The van der Waals surface area contributed by atoms with E-state index >= 15 is 0 Å². The zero-order chi connectivity index (χ0) is 10.3. The standard InChI is InChI=1S/C12H19NO/c1-8-5-9(6-8)11-13-7-10(14-11)12(2,3)4/h7-9H,5-6H2,1-4H3. The van der Waals surface area contributed by atoms with Crippen LogP contribution in [0.5, 0.6) is 0 Å². The second kappa shape index (κ2) is 3.11. The highest BCUT2D eigenvalue weighted by Crippen LogP contribution is 2.41. The molecule has 1 fully saturated rings. The van der Waals surface area contributed by atoms with E-state index in [4.69, 9.17) is 4.42 Å². The molecule has 0 amide bonds. The third-order valence-electron chi connectivity index (χ3n) is 2.99. The third kappa shape index (κ3) is 1.70. The van der Waals surface area contributed by atoms with Crippen LogP contribution in [0.2, 0.25) is 0 Å². The highest BCUT2D eigenvalue weighted by molar-refractivity contribution is 5.09. The van der Waals surface area contributed by atoms with Crippen LogP contribution in [0.3, 0.4) is 0 Å². The SMILES string of the molecule is CC1CC(c2ncc(C(C)(C)C)o2)C1. The molecule has 0 aromatic carbocycles. The van der Waals surface area contributed by atoms with Crippen LogP contribution in [0, 0.1) is 5.92 Å². The lowest BCUT2D eigenvalue weighted by Crippen LogP contribution is -2.19. The van der Waals surface area contributed by atoms with Crippen molar-refractivity contribution in [3.63, 3.8) is 0 Å². The number of rotatable bonds is 1. The van der Waals surface area contributed by atoms with E-state index in [1.807, 2.05) is 6.20 Å². The fourth-order valence-electron chi connectivity index (χ4n) is 1.93. The highest BCUT2D eigenvalue weighted by Gasteiger charge is 2.31. The Kier molecular flexibility index (Phi) is 2.17. The predicted octanol–water partition coefficient (Wildman–Crippen LogP) is 3.49. The minimum absolute atomic E-state index is 0.0839. The number of hydrogen-bond donors (Lipinski definition) is 0. The van der Waals surface area contributed by atoms with Crippen molar-refractivity contribution in [1.29, 1.82) is 0 Å². The molecular weight excluding hydrogens is 174 g/mol. The summed E-state index contributed by atoms with van der Waals surface area (Å²) in [6.45, 7) is 8.74. The molecule has 0 unspecified atom stereocenters. The summed E-state index contributed by atoms with van der Waals surface area (Å²) >= 11 is 0. The van der Waals surface area contributed by atoms with Crippen LogP contribution in [-0.2, 0) is 5.41 Å². The Balaban J connectivity index is 2.11. The van der Waals surface area contributed by atoms with Gasteiger partial charge in [0, 0.05) is 11.3 Å². The monoisotopic (exact) mass is 193 g/mol. The van der Waals surface area contributed by atoms with Crippen molar-refractivity contribution in [2.24, 2.45) is 5.92 Å². The van der Waals surface area contributed by atoms with Crippen molar-refractivity contribution >= 4 is 0 Å². The molecule has 1 heterocycles. The Bertz CT molecular complexity index is 315. The van der Waals surface area contributed by atoms with E-state index in [1.54, 1.807) is 0 Å². The van der Waals surface area contributed by atoms with Crippen molar-refractivity contribution in [2.75, 3.05) is 0 Å². The smallest absolute Gasteiger partial charge is 0.197 e. The second-order valence-electron chi connectivity index (χ2n) is 5.59. The molecule has 0 saturated heterocycles. The van der Waals surface area contributed by atoms with Crippen LogP contribution in [0.15, 0.2) is 10.6 Å². The lowest BCUT2D eigenvalue weighted by Gasteiger charge is -2.29. The number of hydrogen-bond acceptors (Lipinski definition) is 2. The zero-order valence-electron chi connectivity index (χ0n) is 9.50. The minimum atomic E-state index is 0.0839. The molecule has 2 rings (SSSR count). The first-order chi connectivity index (χ1) is 6.47. The van der Waals surface area contributed by atoms with Crippen LogP contribution in [-0.4, -0.2) is 4.98 Å². The quantitative estimate of drug-likeness (QED) is 0.682. The molecule has 0 spiro atoms. The van der Waals surface area contributed by atoms with Gasteiger partial charge >= 0.3 is 0 Å². The van der Waals surface area contributed by atoms with Crippen molar-refractivity contribution in [1.82, 2.24) is 4.98 Å². The summed E-state index contributed by atoms with van der Waals surface area (Å²) in [5.41, 5.74) is 0.0839. The van der Waals surface area contributed by atoms with Crippen molar-refractivity contribution in [3.05, 3.63) is 17.8 Å². The summed E-state index contributed by atoms with van der Waals surface area (Å²) in [7, 11) is 0. The van der Waals surface area contributed by atoms with Crippen LogP contribution in [0.1, 0.15) is 58.1 Å². The fraction of sp³-hybridized carbons (Fsp3) is 0.750. The first kappa shape index (κ1) is 9.75. The summed E-state index contributed by atoms with van der Waals surface area (Å²) < 4.78 is 5.79. The molecule has 1 aromatic rings. The molecule has 0 N–H and O–H groups in total. The van der Waals surface area contributed by atoms with Gasteiger partial charge in [0.1, 0.15) is 5.76 Å². The maximum Gasteiger partial charge on any atom is 0.197 e. The molecule has 1 aliphatic carbocycles. The lowest BCUT2D eigenvalue weighted by atomic mass is 9.76. The maximum atomic E-state index is 5.79. The second-order valence-corrected chi connectivity index (χ2v) is 5.59. The summed E-state index contributed by atoms with van der Waals surface area (Å²) in [5.74, 6) is 3.39. The topological polar surface area (TPSA) is 26.0 Å². The van der Waals surface area contributed by atoms with Gasteiger partial charge in [0.15, 0.2) is 5.89 Å². The molecule has 78 valence electrons. The molecule has 0 aliphatic heterocycles. The van der Waals surface area contributed by atoms with Gasteiger partial charge in [0.2, 0.25) is 0 Å². The third-order valence-corrected chi connectivity index (χ3v) is 2.99. The van der Waals surface area contributed by atoms with Crippen LogP contribution < -0.4 is 0 Å². The predicted molar refractivity (Wildman–Crippen MR) is 56.3 cm³/mol. The van der Waals surface area contributed by atoms with E-state index in [-0.39, 0.29) is 5.41 Å². The number of oxazole rings is 1. The van der Waals surface area contributed by atoms with Gasteiger partial charge < -0.3 is 4.42 Å². The van der Waals surface area contributed by atoms with Crippen molar-refractivity contribution in [2.45, 2.75) is 51.9 Å². The molecular formula is C12H19NO. The molecule has 0 atom stereocenters. The number of nitrogens with zero attached hydrogens (tertiary/aromatic N) is 1. The Morgan fingerprint density at radius 3 is 2.43 bits per heavy atom.